The Morgan fingerprint density at radius 1 is 1.05 bits per heavy atom. The summed E-state index contributed by atoms with van der Waals surface area (Å²) in [5.74, 6) is 0.652. The van der Waals surface area contributed by atoms with E-state index < -0.39 is 0 Å². The van der Waals surface area contributed by atoms with Crippen molar-refractivity contribution in [2.45, 2.75) is 13.0 Å². The summed E-state index contributed by atoms with van der Waals surface area (Å²) in [6, 6.07) is 17.2. The molecule has 20 heavy (non-hydrogen) atoms. The molecular formula is C17H15NO2. The van der Waals surface area contributed by atoms with Crippen molar-refractivity contribution in [1.82, 2.24) is 5.32 Å². The summed E-state index contributed by atoms with van der Waals surface area (Å²) in [7, 11) is 0. The van der Waals surface area contributed by atoms with Gasteiger partial charge in [0.15, 0.2) is 0 Å². The van der Waals surface area contributed by atoms with Crippen molar-refractivity contribution < 1.29 is 9.21 Å². The average Bonchev–Trinajstić information content (AvgIpc) is 3.01. The Hall–Kier alpha value is -2.55. The molecule has 0 saturated carbocycles. The van der Waals surface area contributed by atoms with Gasteiger partial charge in [0.05, 0.1) is 12.3 Å². The molecule has 1 amide bonds. The lowest BCUT2D eigenvalue weighted by molar-refractivity contribution is 0.0935. The normalized spacial score (nSPS) is 12.2. The number of rotatable bonds is 3. The molecule has 0 radical (unpaired) electrons. The fourth-order valence-corrected chi connectivity index (χ4v) is 2.22. The molecule has 0 spiro atoms. The number of carbonyl (C=O) groups is 1. The summed E-state index contributed by atoms with van der Waals surface area (Å²) >= 11 is 0. The first-order valence-corrected chi connectivity index (χ1v) is 6.57. The highest BCUT2D eigenvalue weighted by Gasteiger charge is 2.13. The van der Waals surface area contributed by atoms with E-state index >= 15 is 0 Å². The number of furan rings is 1. The van der Waals surface area contributed by atoms with Gasteiger partial charge < -0.3 is 9.73 Å². The van der Waals surface area contributed by atoms with Gasteiger partial charge >= 0.3 is 0 Å². The Balaban J connectivity index is 1.82. The number of hydrogen-bond acceptors (Lipinski definition) is 2. The predicted molar refractivity (Wildman–Crippen MR) is 78.5 cm³/mol. The van der Waals surface area contributed by atoms with Crippen molar-refractivity contribution in [2.24, 2.45) is 0 Å². The number of carbonyl (C=O) groups excluding carboxylic acids is 1. The zero-order chi connectivity index (χ0) is 13.9. The number of hydrogen-bond donors (Lipinski definition) is 1. The molecule has 0 bridgehead atoms. The zero-order valence-corrected chi connectivity index (χ0v) is 11.2. The van der Waals surface area contributed by atoms with Crippen molar-refractivity contribution in [3.05, 3.63) is 72.2 Å². The summed E-state index contributed by atoms with van der Waals surface area (Å²) in [5, 5.41) is 5.12. The Bertz CT molecular complexity index is 732. The second-order valence-corrected chi connectivity index (χ2v) is 4.77. The van der Waals surface area contributed by atoms with Crippen molar-refractivity contribution in [2.75, 3.05) is 0 Å². The predicted octanol–water partition coefficient (Wildman–Crippen LogP) is 3.92. The van der Waals surface area contributed by atoms with Gasteiger partial charge in [-0.05, 0) is 42.0 Å². The van der Waals surface area contributed by atoms with Crippen molar-refractivity contribution in [1.29, 1.82) is 0 Å². The van der Waals surface area contributed by atoms with Crippen LogP contribution >= 0.6 is 0 Å². The molecule has 3 aromatic rings. The van der Waals surface area contributed by atoms with Gasteiger partial charge in [0, 0.05) is 5.56 Å². The smallest absolute Gasteiger partial charge is 0.251 e. The molecule has 3 rings (SSSR count). The van der Waals surface area contributed by atoms with Crippen LogP contribution in [0.2, 0.25) is 0 Å². The van der Waals surface area contributed by atoms with E-state index in [0.29, 0.717) is 5.56 Å². The highest BCUT2D eigenvalue weighted by atomic mass is 16.3. The first-order chi connectivity index (χ1) is 9.74. The number of nitrogens with one attached hydrogen (secondary N) is 1. The van der Waals surface area contributed by atoms with Crippen LogP contribution in [0.1, 0.15) is 29.1 Å². The zero-order valence-electron chi connectivity index (χ0n) is 11.2. The molecule has 1 unspecified atom stereocenters. The minimum atomic E-state index is -0.149. The van der Waals surface area contributed by atoms with Gasteiger partial charge in [0.25, 0.3) is 5.91 Å². The Labute approximate surface area is 117 Å². The van der Waals surface area contributed by atoms with Gasteiger partial charge in [-0.25, -0.2) is 0 Å². The molecule has 2 aromatic carbocycles. The maximum absolute atomic E-state index is 12.2. The fraction of sp³-hybridized carbons (Fsp3) is 0.118. The van der Waals surface area contributed by atoms with Crippen LogP contribution in [0.25, 0.3) is 10.8 Å². The van der Waals surface area contributed by atoms with Gasteiger partial charge in [-0.3, -0.25) is 4.79 Å². The fourth-order valence-electron chi connectivity index (χ4n) is 2.22. The third-order valence-corrected chi connectivity index (χ3v) is 3.33. The Kier molecular flexibility index (Phi) is 3.25. The summed E-state index contributed by atoms with van der Waals surface area (Å²) in [6.07, 6.45) is 1.61. The number of benzene rings is 2. The Morgan fingerprint density at radius 3 is 2.60 bits per heavy atom. The van der Waals surface area contributed by atoms with Crippen LogP contribution in [0, 0.1) is 0 Å². The standard InChI is InChI=1S/C17H15NO2/c1-12(16-7-4-10-20-16)18-17(19)15-9-8-13-5-2-3-6-14(13)11-15/h2-12H,1H3,(H,18,19). The quantitative estimate of drug-likeness (QED) is 0.779. The van der Waals surface area contributed by atoms with Crippen molar-refractivity contribution in [3.63, 3.8) is 0 Å². The summed E-state index contributed by atoms with van der Waals surface area (Å²) in [5.41, 5.74) is 0.655. The molecule has 3 nitrogen and oxygen atoms in total. The largest absolute Gasteiger partial charge is 0.467 e. The van der Waals surface area contributed by atoms with Gasteiger partial charge in [-0.2, -0.15) is 0 Å². The van der Waals surface area contributed by atoms with E-state index in [4.69, 9.17) is 4.42 Å². The molecule has 1 N–H and O–H groups in total. The molecule has 1 atom stereocenters. The second-order valence-electron chi connectivity index (χ2n) is 4.77. The molecule has 0 aliphatic rings. The lowest BCUT2D eigenvalue weighted by Gasteiger charge is -2.11. The van der Waals surface area contributed by atoms with Crippen molar-refractivity contribution in [3.8, 4) is 0 Å². The van der Waals surface area contributed by atoms with Crippen LogP contribution in [-0.2, 0) is 0 Å². The Morgan fingerprint density at radius 2 is 1.85 bits per heavy atom. The SMILES string of the molecule is CC(NC(=O)c1ccc2ccccc2c1)c1ccco1. The first-order valence-electron chi connectivity index (χ1n) is 6.57. The maximum Gasteiger partial charge on any atom is 0.251 e. The topological polar surface area (TPSA) is 42.2 Å². The molecule has 0 aliphatic heterocycles. The van der Waals surface area contributed by atoms with Gasteiger partial charge in [-0.1, -0.05) is 30.3 Å². The van der Waals surface area contributed by atoms with E-state index in [1.807, 2.05) is 61.5 Å². The third-order valence-electron chi connectivity index (χ3n) is 3.33. The minimum absolute atomic E-state index is 0.0975. The van der Waals surface area contributed by atoms with E-state index in [-0.39, 0.29) is 11.9 Å². The summed E-state index contributed by atoms with van der Waals surface area (Å²) in [4.78, 5) is 12.2. The molecule has 0 fully saturated rings. The number of fused-ring (bicyclic) bond motifs is 1. The maximum atomic E-state index is 12.2. The molecule has 100 valence electrons. The summed E-state index contributed by atoms with van der Waals surface area (Å²) in [6.45, 7) is 1.90. The molecule has 1 aromatic heterocycles. The minimum Gasteiger partial charge on any atom is -0.467 e. The molecule has 1 heterocycles. The van der Waals surface area contributed by atoms with E-state index in [1.54, 1.807) is 6.26 Å². The van der Waals surface area contributed by atoms with Crippen LogP contribution < -0.4 is 5.32 Å². The van der Waals surface area contributed by atoms with E-state index in [2.05, 4.69) is 5.32 Å². The lowest BCUT2D eigenvalue weighted by Crippen LogP contribution is -2.26. The van der Waals surface area contributed by atoms with Gasteiger partial charge in [0.2, 0.25) is 0 Å². The third kappa shape index (κ3) is 2.43. The molecular weight excluding hydrogens is 250 g/mol. The lowest BCUT2D eigenvalue weighted by atomic mass is 10.1. The number of amides is 1. The summed E-state index contributed by atoms with van der Waals surface area (Å²) < 4.78 is 5.29. The second kappa shape index (κ2) is 5.21. The van der Waals surface area contributed by atoms with Gasteiger partial charge in [-0.15, -0.1) is 0 Å². The van der Waals surface area contributed by atoms with Crippen molar-refractivity contribution >= 4 is 16.7 Å². The van der Waals surface area contributed by atoms with Gasteiger partial charge in [0.1, 0.15) is 5.76 Å². The average molecular weight is 265 g/mol. The monoisotopic (exact) mass is 265 g/mol. The van der Waals surface area contributed by atoms with Crippen LogP contribution in [0.15, 0.2) is 65.3 Å². The van der Waals surface area contributed by atoms with E-state index in [1.165, 1.54) is 0 Å². The molecule has 0 aliphatic carbocycles. The molecule has 0 saturated heterocycles. The molecule has 3 heteroatoms. The van der Waals surface area contributed by atoms with Crippen LogP contribution in [0.3, 0.4) is 0 Å². The highest BCUT2D eigenvalue weighted by molar-refractivity contribution is 5.98. The van der Waals surface area contributed by atoms with E-state index in [0.717, 1.165) is 16.5 Å². The van der Waals surface area contributed by atoms with Crippen LogP contribution in [0.4, 0.5) is 0 Å². The first kappa shape index (κ1) is 12.5. The van der Waals surface area contributed by atoms with Crippen LogP contribution in [0.5, 0.6) is 0 Å². The highest BCUT2D eigenvalue weighted by Crippen LogP contribution is 2.17. The van der Waals surface area contributed by atoms with Crippen LogP contribution in [-0.4, -0.2) is 5.91 Å². The van der Waals surface area contributed by atoms with E-state index in [9.17, 15) is 4.79 Å².